The molecule has 1 aromatic heterocycles. The van der Waals surface area contributed by atoms with Crippen molar-refractivity contribution in [3.8, 4) is 5.75 Å². The number of hydrogen-bond acceptors (Lipinski definition) is 5. The van der Waals surface area contributed by atoms with E-state index in [9.17, 15) is 4.79 Å². The van der Waals surface area contributed by atoms with Crippen molar-refractivity contribution in [3.63, 3.8) is 0 Å². The van der Waals surface area contributed by atoms with Gasteiger partial charge in [0.1, 0.15) is 17.9 Å². The van der Waals surface area contributed by atoms with E-state index in [0.29, 0.717) is 64.5 Å². The summed E-state index contributed by atoms with van der Waals surface area (Å²) < 4.78 is 17.1. The molecule has 7 heteroatoms. The molecule has 0 amide bonds. The van der Waals surface area contributed by atoms with Crippen LogP contribution in [-0.4, -0.2) is 26.3 Å². The SMILES string of the molecule is O=c1cc(N2CCOCC2)oc2cc(OCc3c(Cl)cccc3Cl)ccc12. The molecular formula is C20H17Cl2NO4. The Morgan fingerprint density at radius 2 is 1.78 bits per heavy atom. The molecule has 140 valence electrons. The minimum absolute atomic E-state index is 0.0848. The highest BCUT2D eigenvalue weighted by Crippen LogP contribution is 2.28. The second-order valence-corrected chi connectivity index (χ2v) is 7.01. The molecule has 0 radical (unpaired) electrons. The summed E-state index contributed by atoms with van der Waals surface area (Å²) >= 11 is 12.4. The van der Waals surface area contributed by atoms with Crippen LogP contribution in [0.25, 0.3) is 11.0 Å². The lowest BCUT2D eigenvalue weighted by atomic mass is 10.2. The lowest BCUT2D eigenvalue weighted by Gasteiger charge is -2.27. The summed E-state index contributed by atoms with van der Waals surface area (Å²) in [6.07, 6.45) is 0. The van der Waals surface area contributed by atoms with Gasteiger partial charge in [-0.3, -0.25) is 4.79 Å². The Kier molecular flexibility index (Phi) is 5.25. The number of rotatable bonds is 4. The molecule has 1 aliphatic rings. The standard InChI is InChI=1S/C20H17Cl2NO4/c21-16-2-1-3-17(22)15(16)12-26-13-4-5-14-18(24)11-20(27-19(14)10-13)23-6-8-25-9-7-23/h1-5,10-11H,6-9,12H2. The normalized spacial score (nSPS) is 14.5. The molecule has 2 aromatic carbocycles. The molecule has 0 unspecified atom stereocenters. The summed E-state index contributed by atoms with van der Waals surface area (Å²) in [5, 5.41) is 1.60. The Bertz CT molecular complexity index is 1010. The minimum atomic E-state index is -0.0848. The molecule has 1 saturated heterocycles. The summed E-state index contributed by atoms with van der Waals surface area (Å²) in [5.74, 6) is 1.11. The summed E-state index contributed by atoms with van der Waals surface area (Å²) in [6.45, 7) is 2.83. The summed E-state index contributed by atoms with van der Waals surface area (Å²) in [4.78, 5) is 14.4. The fraction of sp³-hybridized carbons (Fsp3) is 0.250. The molecule has 2 heterocycles. The Balaban J connectivity index is 1.61. The number of fused-ring (bicyclic) bond motifs is 1. The van der Waals surface area contributed by atoms with Crippen LogP contribution < -0.4 is 15.1 Å². The third kappa shape index (κ3) is 3.90. The number of halogens is 2. The van der Waals surface area contributed by atoms with Crippen LogP contribution in [0, 0.1) is 0 Å². The zero-order valence-corrected chi connectivity index (χ0v) is 15.9. The average Bonchev–Trinajstić information content (AvgIpc) is 2.68. The molecule has 0 N–H and O–H groups in total. The van der Waals surface area contributed by atoms with E-state index >= 15 is 0 Å². The molecule has 0 aliphatic carbocycles. The number of nitrogens with zero attached hydrogens (tertiary/aromatic N) is 1. The maximum atomic E-state index is 12.4. The number of benzene rings is 2. The van der Waals surface area contributed by atoms with Gasteiger partial charge in [0.2, 0.25) is 0 Å². The molecule has 0 saturated carbocycles. The van der Waals surface area contributed by atoms with Crippen LogP contribution in [0.2, 0.25) is 10.0 Å². The van der Waals surface area contributed by atoms with Crippen LogP contribution in [-0.2, 0) is 11.3 Å². The predicted octanol–water partition coefficient (Wildman–Crippen LogP) is 4.52. The van der Waals surface area contributed by atoms with Crippen LogP contribution in [0.5, 0.6) is 5.75 Å². The van der Waals surface area contributed by atoms with Gasteiger partial charge in [0.15, 0.2) is 11.3 Å². The second kappa shape index (κ2) is 7.80. The van der Waals surface area contributed by atoms with Crippen molar-refractivity contribution >= 4 is 40.1 Å². The highest BCUT2D eigenvalue weighted by Gasteiger charge is 2.16. The first-order valence-corrected chi connectivity index (χ1v) is 9.34. The molecule has 0 atom stereocenters. The first-order chi connectivity index (χ1) is 13.1. The van der Waals surface area contributed by atoms with E-state index in [0.717, 1.165) is 0 Å². The van der Waals surface area contributed by atoms with Crippen molar-refractivity contribution < 1.29 is 13.9 Å². The maximum Gasteiger partial charge on any atom is 0.200 e. The monoisotopic (exact) mass is 405 g/mol. The molecule has 27 heavy (non-hydrogen) atoms. The molecular weight excluding hydrogens is 389 g/mol. The predicted molar refractivity (Wildman–Crippen MR) is 106 cm³/mol. The average molecular weight is 406 g/mol. The fourth-order valence-electron chi connectivity index (χ4n) is 2.98. The van der Waals surface area contributed by atoms with E-state index in [1.165, 1.54) is 6.07 Å². The van der Waals surface area contributed by atoms with Crippen LogP contribution in [0.1, 0.15) is 5.56 Å². The Morgan fingerprint density at radius 1 is 1.04 bits per heavy atom. The quantitative estimate of drug-likeness (QED) is 0.638. The molecule has 4 rings (SSSR count). The van der Waals surface area contributed by atoms with Crippen molar-refractivity contribution in [1.29, 1.82) is 0 Å². The van der Waals surface area contributed by atoms with Crippen LogP contribution in [0.4, 0.5) is 5.88 Å². The van der Waals surface area contributed by atoms with Crippen LogP contribution >= 0.6 is 23.2 Å². The number of anilines is 1. The summed E-state index contributed by atoms with van der Waals surface area (Å²) in [6, 6.07) is 12.0. The number of ether oxygens (including phenoxy) is 2. The lowest BCUT2D eigenvalue weighted by molar-refractivity contribution is 0.121. The van der Waals surface area contributed by atoms with Gasteiger partial charge in [-0.05, 0) is 24.3 Å². The Hall–Kier alpha value is -2.21. The van der Waals surface area contributed by atoms with Crippen LogP contribution in [0.15, 0.2) is 51.7 Å². The van der Waals surface area contributed by atoms with E-state index < -0.39 is 0 Å². The third-order valence-electron chi connectivity index (χ3n) is 4.46. The van der Waals surface area contributed by atoms with Gasteiger partial charge < -0.3 is 18.8 Å². The maximum absolute atomic E-state index is 12.4. The summed E-state index contributed by atoms with van der Waals surface area (Å²) in [7, 11) is 0. The summed E-state index contributed by atoms with van der Waals surface area (Å²) in [5.41, 5.74) is 1.11. The Morgan fingerprint density at radius 3 is 2.52 bits per heavy atom. The van der Waals surface area contributed by atoms with Gasteiger partial charge in [0, 0.05) is 40.8 Å². The van der Waals surface area contributed by atoms with E-state index in [1.807, 2.05) is 4.90 Å². The first kappa shape index (κ1) is 18.2. The molecule has 5 nitrogen and oxygen atoms in total. The third-order valence-corrected chi connectivity index (χ3v) is 5.16. The van der Waals surface area contributed by atoms with Gasteiger partial charge in [-0.2, -0.15) is 0 Å². The van der Waals surface area contributed by atoms with Gasteiger partial charge in [-0.25, -0.2) is 0 Å². The van der Waals surface area contributed by atoms with Crippen molar-refractivity contribution in [2.45, 2.75) is 6.61 Å². The van der Waals surface area contributed by atoms with E-state index in [1.54, 1.807) is 36.4 Å². The second-order valence-electron chi connectivity index (χ2n) is 6.20. The lowest BCUT2D eigenvalue weighted by Crippen LogP contribution is -2.36. The van der Waals surface area contributed by atoms with Crippen molar-refractivity contribution in [3.05, 3.63) is 68.3 Å². The molecule has 0 bridgehead atoms. The van der Waals surface area contributed by atoms with E-state index in [4.69, 9.17) is 37.1 Å². The minimum Gasteiger partial charge on any atom is -0.489 e. The van der Waals surface area contributed by atoms with Gasteiger partial charge in [-0.1, -0.05) is 29.3 Å². The van der Waals surface area contributed by atoms with E-state index in [-0.39, 0.29) is 12.0 Å². The van der Waals surface area contributed by atoms with Gasteiger partial charge >= 0.3 is 0 Å². The highest BCUT2D eigenvalue weighted by molar-refractivity contribution is 6.35. The topological polar surface area (TPSA) is 51.9 Å². The number of morpholine rings is 1. The molecule has 0 spiro atoms. The highest BCUT2D eigenvalue weighted by atomic mass is 35.5. The Labute approximate surface area is 166 Å². The van der Waals surface area contributed by atoms with Gasteiger partial charge in [-0.15, -0.1) is 0 Å². The molecule has 3 aromatic rings. The van der Waals surface area contributed by atoms with Crippen molar-refractivity contribution in [2.24, 2.45) is 0 Å². The van der Waals surface area contributed by atoms with Crippen molar-refractivity contribution in [1.82, 2.24) is 0 Å². The largest absolute Gasteiger partial charge is 0.489 e. The van der Waals surface area contributed by atoms with Gasteiger partial charge in [0.05, 0.1) is 18.6 Å². The fourth-order valence-corrected chi connectivity index (χ4v) is 3.48. The zero-order valence-electron chi connectivity index (χ0n) is 14.4. The smallest absolute Gasteiger partial charge is 0.200 e. The zero-order chi connectivity index (χ0) is 18.8. The molecule has 1 fully saturated rings. The van der Waals surface area contributed by atoms with Crippen LogP contribution in [0.3, 0.4) is 0 Å². The van der Waals surface area contributed by atoms with E-state index in [2.05, 4.69) is 0 Å². The molecule has 1 aliphatic heterocycles. The van der Waals surface area contributed by atoms with Crippen molar-refractivity contribution in [2.75, 3.05) is 31.2 Å². The number of hydrogen-bond donors (Lipinski definition) is 0. The van der Waals surface area contributed by atoms with Gasteiger partial charge in [0.25, 0.3) is 0 Å². The first-order valence-electron chi connectivity index (χ1n) is 8.58.